The summed E-state index contributed by atoms with van der Waals surface area (Å²) < 4.78 is 5.13. The second-order valence-corrected chi connectivity index (χ2v) is 6.07. The van der Waals surface area contributed by atoms with Crippen LogP contribution >= 0.6 is 0 Å². The molecule has 2 fully saturated rings. The summed E-state index contributed by atoms with van der Waals surface area (Å²) in [4.78, 5) is 13.9. The summed E-state index contributed by atoms with van der Waals surface area (Å²) in [5, 5.41) is 12.7. The summed E-state index contributed by atoms with van der Waals surface area (Å²) >= 11 is 0. The van der Waals surface area contributed by atoms with Gasteiger partial charge in [0.25, 0.3) is 0 Å². The first-order valence-corrected chi connectivity index (χ1v) is 7.29. The largest absolute Gasteiger partial charge is 0.480 e. The highest BCUT2D eigenvalue weighted by atomic mass is 16.5. The molecule has 0 aromatic heterocycles. The van der Waals surface area contributed by atoms with Gasteiger partial charge < -0.3 is 9.84 Å². The van der Waals surface area contributed by atoms with E-state index in [9.17, 15) is 9.90 Å². The van der Waals surface area contributed by atoms with E-state index in [1.807, 2.05) is 6.92 Å². The summed E-state index contributed by atoms with van der Waals surface area (Å²) in [7, 11) is 1.71. The molecule has 5 nitrogen and oxygen atoms in total. The first kappa shape index (κ1) is 14.8. The average Bonchev–Trinajstić information content (AvgIpc) is 3.22. The van der Waals surface area contributed by atoms with Gasteiger partial charge in [-0.05, 0) is 39.0 Å². The highest BCUT2D eigenvalue weighted by molar-refractivity contribution is 5.78. The number of nitrogens with zero attached hydrogens (tertiary/aromatic N) is 1. The number of hydrogen-bond donors (Lipinski definition) is 2. The van der Waals surface area contributed by atoms with E-state index >= 15 is 0 Å². The van der Waals surface area contributed by atoms with Gasteiger partial charge >= 0.3 is 5.97 Å². The monoisotopic (exact) mass is 270 g/mol. The molecule has 0 aromatic carbocycles. The van der Waals surface area contributed by atoms with Crippen LogP contribution in [0.25, 0.3) is 0 Å². The van der Waals surface area contributed by atoms with Crippen LogP contribution in [0.2, 0.25) is 0 Å². The fourth-order valence-corrected chi connectivity index (χ4v) is 2.41. The average molecular weight is 270 g/mol. The van der Waals surface area contributed by atoms with Gasteiger partial charge in [-0.15, -0.1) is 0 Å². The molecule has 2 N–H and O–H groups in total. The smallest absolute Gasteiger partial charge is 0.323 e. The van der Waals surface area contributed by atoms with Crippen molar-refractivity contribution in [1.29, 1.82) is 0 Å². The maximum absolute atomic E-state index is 11.5. The van der Waals surface area contributed by atoms with E-state index in [4.69, 9.17) is 4.74 Å². The molecule has 1 unspecified atom stereocenters. The van der Waals surface area contributed by atoms with E-state index in [-0.39, 0.29) is 0 Å². The molecular weight excluding hydrogens is 244 g/mol. The van der Waals surface area contributed by atoms with Crippen molar-refractivity contribution in [3.8, 4) is 0 Å². The predicted molar refractivity (Wildman–Crippen MR) is 73.3 cm³/mol. The van der Waals surface area contributed by atoms with Gasteiger partial charge in [-0.25, -0.2) is 0 Å². The van der Waals surface area contributed by atoms with Crippen LogP contribution in [0.15, 0.2) is 0 Å². The van der Waals surface area contributed by atoms with Crippen LogP contribution < -0.4 is 5.32 Å². The third-order valence-corrected chi connectivity index (χ3v) is 4.12. The lowest BCUT2D eigenvalue weighted by atomic mass is 9.97. The van der Waals surface area contributed by atoms with E-state index in [1.165, 1.54) is 12.8 Å². The van der Waals surface area contributed by atoms with Crippen LogP contribution in [-0.2, 0) is 9.53 Å². The first-order valence-electron chi connectivity index (χ1n) is 7.29. The Bertz CT molecular complexity index is 316. The third kappa shape index (κ3) is 4.44. The Morgan fingerprint density at radius 1 is 1.37 bits per heavy atom. The van der Waals surface area contributed by atoms with Gasteiger partial charge in [-0.2, -0.15) is 0 Å². The normalized spacial score (nSPS) is 22.5. The summed E-state index contributed by atoms with van der Waals surface area (Å²) in [5.74, 6) is -0.734. The summed E-state index contributed by atoms with van der Waals surface area (Å²) in [6.45, 7) is 4.27. The molecule has 19 heavy (non-hydrogen) atoms. The Labute approximate surface area is 115 Å². The fourth-order valence-electron chi connectivity index (χ4n) is 2.41. The van der Waals surface area contributed by atoms with Crippen molar-refractivity contribution >= 4 is 5.97 Å². The molecule has 2 aliphatic carbocycles. The maximum atomic E-state index is 11.5. The lowest BCUT2D eigenvalue weighted by Crippen LogP contribution is -2.52. The molecule has 0 aromatic rings. The molecule has 0 radical (unpaired) electrons. The van der Waals surface area contributed by atoms with Crippen LogP contribution in [0.1, 0.15) is 39.0 Å². The van der Waals surface area contributed by atoms with Crippen LogP contribution in [0, 0.1) is 0 Å². The Hall–Kier alpha value is -0.650. The number of hydrogen-bond acceptors (Lipinski definition) is 4. The van der Waals surface area contributed by atoms with Crippen molar-refractivity contribution in [2.24, 2.45) is 0 Å². The molecule has 0 bridgehead atoms. The van der Waals surface area contributed by atoms with Crippen LogP contribution in [-0.4, -0.2) is 60.4 Å². The minimum absolute atomic E-state index is 0.412. The van der Waals surface area contributed by atoms with Gasteiger partial charge in [-0.1, -0.05) is 0 Å². The second-order valence-electron chi connectivity index (χ2n) is 6.07. The molecule has 2 aliphatic rings. The maximum Gasteiger partial charge on any atom is 0.323 e. The number of ether oxygens (including phenoxy) is 1. The van der Waals surface area contributed by atoms with Gasteiger partial charge in [0.15, 0.2) is 0 Å². The van der Waals surface area contributed by atoms with Gasteiger partial charge in [0, 0.05) is 32.3 Å². The van der Waals surface area contributed by atoms with Gasteiger partial charge in [0.05, 0.1) is 6.61 Å². The van der Waals surface area contributed by atoms with E-state index in [1.54, 1.807) is 7.11 Å². The highest BCUT2D eigenvalue weighted by Crippen LogP contribution is 2.29. The SMILES string of the molecule is COCCN(CCC(C)(NC1CC1)C(=O)O)C1CC1. The van der Waals surface area contributed by atoms with Crippen LogP contribution in [0.5, 0.6) is 0 Å². The molecule has 0 aliphatic heterocycles. The third-order valence-electron chi connectivity index (χ3n) is 4.12. The zero-order valence-electron chi connectivity index (χ0n) is 12.0. The van der Waals surface area contributed by atoms with Gasteiger partial charge in [0.1, 0.15) is 5.54 Å². The fraction of sp³-hybridized carbons (Fsp3) is 0.929. The first-order chi connectivity index (χ1) is 9.05. The minimum Gasteiger partial charge on any atom is -0.480 e. The van der Waals surface area contributed by atoms with Gasteiger partial charge in [0.2, 0.25) is 0 Å². The molecule has 0 saturated heterocycles. The topological polar surface area (TPSA) is 61.8 Å². The van der Waals surface area contributed by atoms with E-state index in [2.05, 4.69) is 10.2 Å². The van der Waals surface area contributed by atoms with E-state index in [0.717, 1.165) is 32.5 Å². The number of carboxylic acids is 1. The van der Waals surface area contributed by atoms with Crippen molar-refractivity contribution in [3.63, 3.8) is 0 Å². The van der Waals surface area contributed by atoms with Crippen molar-refractivity contribution < 1.29 is 14.6 Å². The standard InChI is InChI=1S/C14H26N2O3/c1-14(13(17)18,15-11-3-4-11)7-8-16(9-10-19-2)12-5-6-12/h11-12,15H,3-10H2,1-2H3,(H,17,18). The molecule has 110 valence electrons. The quantitative estimate of drug-likeness (QED) is 0.622. The summed E-state index contributed by atoms with van der Waals surface area (Å²) in [6.07, 6.45) is 5.35. The number of nitrogens with one attached hydrogen (secondary N) is 1. The highest BCUT2D eigenvalue weighted by Gasteiger charge is 2.39. The summed E-state index contributed by atoms with van der Waals surface area (Å²) in [6, 6.07) is 1.06. The van der Waals surface area contributed by atoms with E-state index < -0.39 is 11.5 Å². The second kappa shape index (κ2) is 6.20. The Morgan fingerprint density at radius 3 is 2.53 bits per heavy atom. The zero-order valence-corrected chi connectivity index (χ0v) is 12.0. The molecule has 5 heteroatoms. The van der Waals surface area contributed by atoms with Crippen LogP contribution in [0.4, 0.5) is 0 Å². The van der Waals surface area contributed by atoms with Crippen molar-refractivity contribution in [2.75, 3.05) is 26.8 Å². The number of carboxylic acid groups (broad SMARTS) is 1. The molecule has 2 saturated carbocycles. The van der Waals surface area contributed by atoms with Gasteiger partial charge in [-0.3, -0.25) is 15.0 Å². The number of methoxy groups -OCH3 is 1. The van der Waals surface area contributed by atoms with Crippen molar-refractivity contribution in [3.05, 3.63) is 0 Å². The number of rotatable bonds is 10. The van der Waals surface area contributed by atoms with E-state index in [0.29, 0.717) is 18.5 Å². The van der Waals surface area contributed by atoms with Crippen molar-refractivity contribution in [1.82, 2.24) is 10.2 Å². The predicted octanol–water partition coefficient (Wildman–Crippen LogP) is 1.08. The molecule has 0 heterocycles. The van der Waals surface area contributed by atoms with Crippen molar-refractivity contribution in [2.45, 2.75) is 56.7 Å². The molecule has 0 spiro atoms. The Balaban J connectivity index is 1.83. The minimum atomic E-state index is -0.790. The number of aliphatic carboxylic acids is 1. The lowest BCUT2D eigenvalue weighted by Gasteiger charge is -2.30. The van der Waals surface area contributed by atoms with Crippen LogP contribution in [0.3, 0.4) is 0 Å². The molecule has 2 rings (SSSR count). The summed E-state index contributed by atoms with van der Waals surface area (Å²) in [5.41, 5.74) is -0.790. The molecular formula is C14H26N2O3. The lowest BCUT2D eigenvalue weighted by molar-refractivity contribution is -0.144. The molecule has 0 amide bonds. The Kier molecular flexibility index (Phi) is 4.81. The molecule has 1 atom stereocenters. The Morgan fingerprint density at radius 2 is 2.05 bits per heavy atom. The zero-order chi connectivity index (χ0) is 13.9. The number of carbonyl (C=O) groups is 1.